The van der Waals surface area contributed by atoms with E-state index in [-0.39, 0.29) is 12.0 Å². The van der Waals surface area contributed by atoms with Gasteiger partial charge in [-0.15, -0.1) is 11.3 Å². The lowest BCUT2D eigenvalue weighted by molar-refractivity contribution is 0.0163. The molecule has 3 rings (SSSR count). The summed E-state index contributed by atoms with van der Waals surface area (Å²) >= 11 is 1.50. The number of nitrogens with zero attached hydrogens (tertiary/aromatic N) is 2. The minimum atomic E-state index is 0.0503. The van der Waals surface area contributed by atoms with Crippen molar-refractivity contribution < 1.29 is 9.53 Å². The molecule has 0 unspecified atom stereocenters. The summed E-state index contributed by atoms with van der Waals surface area (Å²) < 4.78 is 5.75. The van der Waals surface area contributed by atoms with Crippen molar-refractivity contribution in [1.29, 1.82) is 0 Å². The smallest absolute Gasteiger partial charge is 0.264 e. The fourth-order valence-corrected chi connectivity index (χ4v) is 3.00. The van der Waals surface area contributed by atoms with E-state index in [1.54, 1.807) is 0 Å². The first kappa shape index (κ1) is 13.1. The SMILES string of the molecule is Cc1csc(C(=O)N2CC(Oc3cccc(C)n3)C2)c1. The topological polar surface area (TPSA) is 42.4 Å². The Kier molecular flexibility index (Phi) is 3.44. The second kappa shape index (κ2) is 5.25. The van der Waals surface area contributed by atoms with Gasteiger partial charge in [0.25, 0.3) is 5.91 Å². The summed E-state index contributed by atoms with van der Waals surface area (Å²) in [6, 6.07) is 7.64. The first-order valence-electron chi connectivity index (χ1n) is 6.56. The monoisotopic (exact) mass is 288 g/mol. The van der Waals surface area contributed by atoms with Crippen molar-refractivity contribution in [2.45, 2.75) is 20.0 Å². The summed E-state index contributed by atoms with van der Waals surface area (Å²) in [5.41, 5.74) is 2.07. The van der Waals surface area contributed by atoms with Crippen LogP contribution in [0.5, 0.6) is 5.88 Å². The van der Waals surface area contributed by atoms with Crippen molar-refractivity contribution in [2.24, 2.45) is 0 Å². The van der Waals surface area contributed by atoms with Gasteiger partial charge in [-0.05, 0) is 36.9 Å². The molecule has 2 aromatic heterocycles. The second-order valence-corrected chi connectivity index (χ2v) is 5.97. The molecule has 4 nitrogen and oxygen atoms in total. The van der Waals surface area contributed by atoms with Crippen LogP contribution in [0.15, 0.2) is 29.6 Å². The Morgan fingerprint density at radius 1 is 1.40 bits per heavy atom. The molecule has 2 aromatic rings. The van der Waals surface area contributed by atoms with Crippen LogP contribution >= 0.6 is 11.3 Å². The van der Waals surface area contributed by atoms with Crippen LogP contribution in [0.3, 0.4) is 0 Å². The number of amides is 1. The lowest BCUT2D eigenvalue weighted by Crippen LogP contribution is -2.56. The molecule has 0 saturated carbocycles. The van der Waals surface area contributed by atoms with Crippen LogP contribution in [0, 0.1) is 13.8 Å². The molecule has 0 N–H and O–H groups in total. The number of hydrogen-bond acceptors (Lipinski definition) is 4. The zero-order chi connectivity index (χ0) is 14.1. The van der Waals surface area contributed by atoms with E-state index < -0.39 is 0 Å². The maximum atomic E-state index is 12.2. The summed E-state index contributed by atoms with van der Waals surface area (Å²) in [6.07, 6.45) is 0.0503. The van der Waals surface area contributed by atoms with Gasteiger partial charge in [0.05, 0.1) is 18.0 Å². The standard InChI is InChI=1S/C15H16N2O2S/c1-10-6-13(20-9-10)15(18)17-7-12(8-17)19-14-5-3-4-11(2)16-14/h3-6,9,12H,7-8H2,1-2H3. The van der Waals surface area contributed by atoms with Gasteiger partial charge in [0.15, 0.2) is 0 Å². The summed E-state index contributed by atoms with van der Waals surface area (Å²) in [6.45, 7) is 5.19. The number of aryl methyl sites for hydroxylation is 2. The van der Waals surface area contributed by atoms with E-state index in [0.29, 0.717) is 19.0 Å². The van der Waals surface area contributed by atoms with Crippen LogP contribution < -0.4 is 4.74 Å². The number of ether oxygens (including phenoxy) is 1. The molecule has 20 heavy (non-hydrogen) atoms. The molecular weight excluding hydrogens is 272 g/mol. The Hall–Kier alpha value is -1.88. The first-order chi connectivity index (χ1) is 9.61. The van der Waals surface area contributed by atoms with E-state index in [0.717, 1.165) is 16.1 Å². The maximum Gasteiger partial charge on any atom is 0.264 e. The Labute approximate surface area is 122 Å². The molecule has 3 heterocycles. The lowest BCUT2D eigenvalue weighted by Gasteiger charge is -2.38. The molecule has 1 aliphatic rings. The normalized spacial score (nSPS) is 15.0. The Balaban J connectivity index is 1.55. The predicted molar refractivity (Wildman–Crippen MR) is 78.3 cm³/mol. The predicted octanol–water partition coefficient (Wildman–Crippen LogP) is 2.66. The number of thiophene rings is 1. The fourth-order valence-electron chi connectivity index (χ4n) is 2.13. The molecule has 0 aromatic carbocycles. The van der Waals surface area contributed by atoms with E-state index in [9.17, 15) is 4.79 Å². The van der Waals surface area contributed by atoms with Crippen LogP contribution in [-0.4, -0.2) is 35.0 Å². The van der Waals surface area contributed by atoms with Crippen molar-refractivity contribution >= 4 is 17.2 Å². The van der Waals surface area contributed by atoms with Crippen molar-refractivity contribution in [2.75, 3.05) is 13.1 Å². The third-order valence-corrected chi connectivity index (χ3v) is 4.26. The third-order valence-electron chi connectivity index (χ3n) is 3.23. The minimum Gasteiger partial charge on any atom is -0.471 e. The Morgan fingerprint density at radius 3 is 2.85 bits per heavy atom. The zero-order valence-electron chi connectivity index (χ0n) is 11.5. The van der Waals surface area contributed by atoms with E-state index in [1.165, 1.54) is 11.3 Å². The molecule has 1 aliphatic heterocycles. The molecule has 1 saturated heterocycles. The molecular formula is C15H16N2O2S. The minimum absolute atomic E-state index is 0.0503. The van der Waals surface area contributed by atoms with Crippen molar-refractivity contribution in [3.05, 3.63) is 45.8 Å². The zero-order valence-corrected chi connectivity index (χ0v) is 12.3. The Bertz CT molecular complexity index is 632. The van der Waals surface area contributed by atoms with Gasteiger partial charge in [-0.25, -0.2) is 4.98 Å². The number of pyridine rings is 1. The quantitative estimate of drug-likeness (QED) is 0.872. The van der Waals surface area contributed by atoms with Gasteiger partial charge in [0.1, 0.15) is 6.10 Å². The van der Waals surface area contributed by atoms with E-state index in [4.69, 9.17) is 4.74 Å². The number of aromatic nitrogens is 1. The van der Waals surface area contributed by atoms with E-state index >= 15 is 0 Å². The lowest BCUT2D eigenvalue weighted by atomic mass is 10.1. The summed E-state index contributed by atoms with van der Waals surface area (Å²) in [4.78, 5) is 19.1. The van der Waals surface area contributed by atoms with Crippen molar-refractivity contribution in [1.82, 2.24) is 9.88 Å². The highest BCUT2D eigenvalue weighted by Crippen LogP contribution is 2.22. The van der Waals surface area contributed by atoms with E-state index in [2.05, 4.69) is 4.98 Å². The van der Waals surface area contributed by atoms with Gasteiger partial charge < -0.3 is 9.64 Å². The number of carbonyl (C=O) groups excluding carboxylic acids is 1. The summed E-state index contributed by atoms with van der Waals surface area (Å²) in [5.74, 6) is 0.731. The summed E-state index contributed by atoms with van der Waals surface area (Å²) in [5, 5.41) is 2.00. The van der Waals surface area contributed by atoms with Crippen molar-refractivity contribution in [3.8, 4) is 5.88 Å². The molecule has 104 valence electrons. The van der Waals surface area contributed by atoms with Crippen LogP contribution in [0.1, 0.15) is 20.9 Å². The molecule has 0 radical (unpaired) electrons. The fraction of sp³-hybridized carbons (Fsp3) is 0.333. The number of carbonyl (C=O) groups is 1. The maximum absolute atomic E-state index is 12.2. The largest absolute Gasteiger partial charge is 0.471 e. The highest BCUT2D eigenvalue weighted by Gasteiger charge is 2.33. The average molecular weight is 288 g/mol. The first-order valence-corrected chi connectivity index (χ1v) is 7.44. The van der Waals surface area contributed by atoms with Crippen LogP contribution in [0.25, 0.3) is 0 Å². The molecule has 0 atom stereocenters. The molecule has 0 bridgehead atoms. The van der Waals surface area contributed by atoms with Crippen LogP contribution in [0.2, 0.25) is 0 Å². The molecule has 1 fully saturated rings. The molecule has 0 aliphatic carbocycles. The van der Waals surface area contributed by atoms with Gasteiger partial charge in [-0.3, -0.25) is 4.79 Å². The number of rotatable bonds is 3. The third kappa shape index (κ3) is 2.67. The van der Waals surface area contributed by atoms with Gasteiger partial charge in [-0.1, -0.05) is 6.07 Å². The molecule has 1 amide bonds. The van der Waals surface area contributed by atoms with E-state index in [1.807, 2.05) is 48.4 Å². The number of hydrogen-bond donors (Lipinski definition) is 0. The molecule has 0 spiro atoms. The average Bonchev–Trinajstić information content (AvgIpc) is 2.79. The Morgan fingerprint density at radius 2 is 2.20 bits per heavy atom. The van der Waals surface area contributed by atoms with Gasteiger partial charge in [-0.2, -0.15) is 0 Å². The second-order valence-electron chi connectivity index (χ2n) is 5.06. The number of likely N-dealkylation sites (tertiary alicyclic amines) is 1. The van der Waals surface area contributed by atoms with Crippen molar-refractivity contribution in [3.63, 3.8) is 0 Å². The highest BCUT2D eigenvalue weighted by molar-refractivity contribution is 7.12. The molecule has 5 heteroatoms. The highest BCUT2D eigenvalue weighted by atomic mass is 32.1. The van der Waals surface area contributed by atoms with Gasteiger partial charge in [0.2, 0.25) is 5.88 Å². The van der Waals surface area contributed by atoms with Crippen LogP contribution in [-0.2, 0) is 0 Å². The van der Waals surface area contributed by atoms with Gasteiger partial charge in [0, 0.05) is 11.8 Å². The summed E-state index contributed by atoms with van der Waals surface area (Å²) in [7, 11) is 0. The van der Waals surface area contributed by atoms with Gasteiger partial charge >= 0.3 is 0 Å². The van der Waals surface area contributed by atoms with Crippen LogP contribution in [0.4, 0.5) is 0 Å².